The first-order valence-corrected chi connectivity index (χ1v) is 14.8. The van der Waals surface area contributed by atoms with Crippen molar-refractivity contribution in [2.45, 2.75) is 0 Å². The van der Waals surface area contributed by atoms with E-state index < -0.39 is 17.8 Å². The third-order valence-corrected chi connectivity index (χ3v) is 7.02. The first kappa shape index (κ1) is 31.6. The highest BCUT2D eigenvalue weighted by atomic mass is 32.1. The number of hydrogen-bond donors (Lipinski definition) is 2. The normalized spacial score (nSPS) is 10.5. The van der Waals surface area contributed by atoms with E-state index in [1.807, 2.05) is 12.1 Å². The Morgan fingerprint density at radius 1 is 0.478 bits per heavy atom. The van der Waals surface area contributed by atoms with Crippen LogP contribution in [0.5, 0.6) is 11.5 Å². The number of carbonyl (C=O) groups is 5. The van der Waals surface area contributed by atoms with E-state index in [2.05, 4.69) is 17.9 Å². The first-order valence-electron chi connectivity index (χ1n) is 14.2. The van der Waals surface area contributed by atoms with E-state index in [0.717, 1.165) is 0 Å². The van der Waals surface area contributed by atoms with Gasteiger partial charge < -0.3 is 14.8 Å². The summed E-state index contributed by atoms with van der Waals surface area (Å²) in [6.07, 6.45) is 0. The highest BCUT2D eigenvalue weighted by Gasteiger charge is 2.18. The van der Waals surface area contributed by atoms with Crippen LogP contribution in [0.3, 0.4) is 0 Å². The summed E-state index contributed by atoms with van der Waals surface area (Å²) in [5, 5.41) is 2.67. The van der Waals surface area contributed by atoms with Crippen molar-refractivity contribution in [2.75, 3.05) is 12.3 Å². The molecule has 1 N–H and O–H groups in total. The van der Waals surface area contributed by atoms with Crippen LogP contribution in [0.15, 0.2) is 127 Å². The van der Waals surface area contributed by atoms with Gasteiger partial charge in [-0.15, -0.1) is 0 Å². The van der Waals surface area contributed by atoms with Crippen LogP contribution in [0, 0.1) is 0 Å². The van der Waals surface area contributed by atoms with Crippen molar-refractivity contribution in [3.63, 3.8) is 0 Å². The van der Waals surface area contributed by atoms with E-state index >= 15 is 0 Å². The lowest BCUT2D eigenvalue weighted by Gasteiger charge is -2.11. The fraction of sp³-hybridized carbons (Fsp3) is 0.0541. The van der Waals surface area contributed by atoms with E-state index in [4.69, 9.17) is 9.47 Å². The van der Waals surface area contributed by atoms with Crippen LogP contribution >= 0.6 is 12.6 Å². The van der Waals surface area contributed by atoms with Crippen LogP contribution in [0.25, 0.3) is 0 Å². The molecule has 5 aromatic rings. The Labute approximate surface area is 270 Å². The highest BCUT2D eigenvalue weighted by Crippen LogP contribution is 2.25. The summed E-state index contributed by atoms with van der Waals surface area (Å²) in [6.45, 7) is 0.281. The van der Waals surface area contributed by atoms with Crippen LogP contribution in [-0.2, 0) is 0 Å². The second kappa shape index (κ2) is 14.8. The minimum Gasteiger partial charge on any atom is -0.423 e. The topological polar surface area (TPSA) is 116 Å². The summed E-state index contributed by atoms with van der Waals surface area (Å²) < 4.78 is 11.1. The lowest BCUT2D eigenvalue weighted by atomic mass is 10.0. The number of rotatable bonds is 11. The van der Waals surface area contributed by atoms with Gasteiger partial charge in [-0.1, -0.05) is 84.9 Å². The molecule has 8 nitrogen and oxygen atoms in total. The first-order chi connectivity index (χ1) is 22.3. The standard InChI is InChI=1S/C37H27NO7S/c39-33(24-7-3-1-4-8-24)26-11-15-28(16-12-26)36(42)44-31-21-30(35(41)38-19-20-46)22-32(23-31)45-37(43)29-17-13-27(14-18-29)34(40)25-9-5-2-6-10-25/h1-18,21-23,46H,19-20H2,(H,38,41). The number of hydrogen-bond acceptors (Lipinski definition) is 8. The van der Waals surface area contributed by atoms with E-state index in [9.17, 15) is 24.0 Å². The monoisotopic (exact) mass is 629 g/mol. The quantitative estimate of drug-likeness (QED) is 0.0769. The fourth-order valence-electron chi connectivity index (χ4n) is 4.45. The zero-order valence-corrected chi connectivity index (χ0v) is 25.2. The summed E-state index contributed by atoms with van der Waals surface area (Å²) in [6, 6.07) is 33.5. The Morgan fingerprint density at radius 3 is 1.24 bits per heavy atom. The van der Waals surface area contributed by atoms with Crippen LogP contribution < -0.4 is 14.8 Å². The smallest absolute Gasteiger partial charge is 0.343 e. The molecule has 0 radical (unpaired) electrons. The molecule has 5 aromatic carbocycles. The van der Waals surface area contributed by atoms with Crippen molar-refractivity contribution >= 4 is 42.0 Å². The second-order valence-electron chi connectivity index (χ2n) is 10.00. The Bertz CT molecular complexity index is 1760. The summed E-state index contributed by atoms with van der Waals surface area (Å²) in [5.41, 5.74) is 2.25. The number of benzene rings is 5. The molecule has 5 rings (SSSR count). The van der Waals surface area contributed by atoms with Crippen molar-refractivity contribution in [1.82, 2.24) is 5.32 Å². The molecule has 0 bridgehead atoms. The SMILES string of the molecule is O=C(NCCS)c1cc(OC(=O)c2ccc(C(=O)c3ccccc3)cc2)cc(OC(=O)c2ccc(C(=O)c3ccccc3)cc2)c1. The number of thiol groups is 1. The van der Waals surface area contributed by atoms with Gasteiger partial charge in [-0.05, 0) is 36.4 Å². The lowest BCUT2D eigenvalue weighted by molar-refractivity contribution is 0.0728. The highest BCUT2D eigenvalue weighted by molar-refractivity contribution is 7.80. The minimum atomic E-state index is -0.748. The maximum absolute atomic E-state index is 13.0. The fourth-order valence-corrected chi connectivity index (χ4v) is 4.56. The molecule has 0 heterocycles. The molecule has 0 atom stereocenters. The van der Waals surface area contributed by atoms with Crippen LogP contribution in [0.4, 0.5) is 0 Å². The summed E-state index contributed by atoms with van der Waals surface area (Å²) in [4.78, 5) is 64.2. The van der Waals surface area contributed by atoms with Gasteiger partial charge in [-0.2, -0.15) is 12.6 Å². The molecule has 0 aromatic heterocycles. The van der Waals surface area contributed by atoms with E-state index in [0.29, 0.717) is 28.0 Å². The van der Waals surface area contributed by atoms with Gasteiger partial charge in [0.1, 0.15) is 11.5 Å². The van der Waals surface area contributed by atoms with Gasteiger partial charge in [0, 0.05) is 46.2 Å². The maximum atomic E-state index is 13.0. The molecule has 0 aliphatic heterocycles. The van der Waals surface area contributed by atoms with Crippen molar-refractivity contribution < 1.29 is 33.4 Å². The summed E-state index contributed by atoms with van der Waals surface area (Å²) >= 11 is 4.10. The molecule has 228 valence electrons. The summed E-state index contributed by atoms with van der Waals surface area (Å²) in [7, 11) is 0. The Balaban J connectivity index is 1.33. The number of ketones is 2. The number of esters is 2. The van der Waals surface area contributed by atoms with Gasteiger partial charge in [0.25, 0.3) is 5.91 Å². The molecule has 0 saturated carbocycles. The molecular weight excluding hydrogens is 602 g/mol. The number of amides is 1. The van der Waals surface area contributed by atoms with Gasteiger partial charge >= 0.3 is 11.9 Å². The molecule has 1 amide bonds. The van der Waals surface area contributed by atoms with Crippen LogP contribution in [0.2, 0.25) is 0 Å². The Kier molecular flexibility index (Phi) is 10.2. The van der Waals surface area contributed by atoms with Gasteiger partial charge in [0.05, 0.1) is 11.1 Å². The van der Waals surface area contributed by atoms with E-state index in [1.54, 1.807) is 48.5 Å². The Hall–Kier alpha value is -5.80. The molecule has 0 aliphatic carbocycles. The average molecular weight is 630 g/mol. The largest absolute Gasteiger partial charge is 0.423 e. The van der Waals surface area contributed by atoms with Crippen LogP contribution in [0.1, 0.15) is 62.9 Å². The minimum absolute atomic E-state index is 0.0421. The molecule has 0 fully saturated rings. The molecule has 9 heteroatoms. The third kappa shape index (κ3) is 7.82. The van der Waals surface area contributed by atoms with Gasteiger partial charge in [0.15, 0.2) is 11.6 Å². The molecule has 0 saturated heterocycles. The summed E-state index contributed by atoms with van der Waals surface area (Å²) in [5.74, 6) is -2.05. The number of carbonyl (C=O) groups excluding carboxylic acids is 5. The van der Waals surface area contributed by atoms with Crippen LogP contribution in [-0.4, -0.2) is 41.7 Å². The molecule has 0 unspecified atom stereocenters. The lowest BCUT2D eigenvalue weighted by Crippen LogP contribution is -2.25. The number of ether oxygens (including phenoxy) is 2. The Morgan fingerprint density at radius 2 is 0.848 bits per heavy atom. The predicted octanol–water partition coefficient (Wildman–Crippen LogP) is 6.25. The van der Waals surface area contributed by atoms with E-state index in [-0.39, 0.29) is 46.3 Å². The molecule has 0 spiro atoms. The average Bonchev–Trinajstić information content (AvgIpc) is 3.10. The van der Waals surface area contributed by atoms with E-state index in [1.165, 1.54) is 66.7 Å². The zero-order chi connectivity index (χ0) is 32.5. The van der Waals surface area contributed by atoms with Crippen molar-refractivity contribution in [1.29, 1.82) is 0 Å². The molecule has 46 heavy (non-hydrogen) atoms. The predicted molar refractivity (Wildman–Crippen MR) is 175 cm³/mol. The van der Waals surface area contributed by atoms with Crippen molar-refractivity contribution in [3.8, 4) is 11.5 Å². The van der Waals surface area contributed by atoms with Gasteiger partial charge in [-0.3, -0.25) is 14.4 Å². The van der Waals surface area contributed by atoms with Gasteiger partial charge in [-0.25, -0.2) is 9.59 Å². The maximum Gasteiger partial charge on any atom is 0.343 e. The number of nitrogens with one attached hydrogen (secondary N) is 1. The second-order valence-corrected chi connectivity index (χ2v) is 10.4. The molecular formula is C37H27NO7S. The molecule has 0 aliphatic rings. The third-order valence-electron chi connectivity index (χ3n) is 6.80. The van der Waals surface area contributed by atoms with Gasteiger partial charge in [0.2, 0.25) is 0 Å². The zero-order valence-electron chi connectivity index (χ0n) is 24.3. The van der Waals surface area contributed by atoms with Crippen molar-refractivity contribution in [2.24, 2.45) is 0 Å². The van der Waals surface area contributed by atoms with Crippen molar-refractivity contribution in [3.05, 3.63) is 166 Å².